The normalized spacial score (nSPS) is 17.5. The predicted molar refractivity (Wildman–Crippen MR) is 152 cm³/mol. The molecule has 0 unspecified atom stereocenters. The number of halogens is 1. The number of hydrogen-bond acceptors (Lipinski definition) is 4. The van der Waals surface area contributed by atoms with Gasteiger partial charge in [0.05, 0.1) is 0 Å². The van der Waals surface area contributed by atoms with Gasteiger partial charge in [-0.25, -0.2) is 0 Å². The minimum Gasteiger partial charge on any atom is -0.457 e. The van der Waals surface area contributed by atoms with E-state index >= 15 is 0 Å². The maximum Gasteiger partial charge on any atom is 0.274 e. The van der Waals surface area contributed by atoms with Crippen LogP contribution < -0.4 is 21.3 Å². The summed E-state index contributed by atoms with van der Waals surface area (Å²) in [6.07, 6.45) is 5.32. The SMILES string of the molecule is Cc1cc(Oc2c(C)cc(Cl)cc2C)cc(-c2cn(C)c(=O)c3[nH]c(C(=O)NC4CCC(N)CC4)cc23)c1. The van der Waals surface area contributed by atoms with Gasteiger partial charge in [-0.2, -0.15) is 0 Å². The summed E-state index contributed by atoms with van der Waals surface area (Å²) in [6.45, 7) is 5.94. The lowest BCUT2D eigenvalue weighted by molar-refractivity contribution is 0.0921. The summed E-state index contributed by atoms with van der Waals surface area (Å²) in [4.78, 5) is 29.2. The molecule has 1 saturated carbocycles. The number of nitrogens with one attached hydrogen (secondary N) is 2. The van der Waals surface area contributed by atoms with Gasteiger partial charge in [-0.05, 0) is 99.0 Å². The highest BCUT2D eigenvalue weighted by Gasteiger charge is 2.23. The molecule has 5 rings (SSSR count). The summed E-state index contributed by atoms with van der Waals surface area (Å²) in [5.74, 6) is 1.23. The zero-order valence-corrected chi connectivity index (χ0v) is 22.9. The third kappa shape index (κ3) is 5.22. The number of carbonyl (C=O) groups excluding carboxylic acids is 1. The Kier molecular flexibility index (Phi) is 7.07. The molecule has 0 aliphatic heterocycles. The van der Waals surface area contributed by atoms with Crippen LogP contribution in [0.4, 0.5) is 0 Å². The van der Waals surface area contributed by atoms with E-state index in [0.717, 1.165) is 59.3 Å². The van der Waals surface area contributed by atoms with Crippen LogP contribution >= 0.6 is 11.6 Å². The number of carbonyl (C=O) groups is 1. The van der Waals surface area contributed by atoms with Crippen LogP contribution in [0.3, 0.4) is 0 Å². The number of rotatable bonds is 5. The molecule has 0 saturated heterocycles. The number of amides is 1. The Morgan fingerprint density at radius 3 is 2.42 bits per heavy atom. The Hall–Kier alpha value is -3.55. The number of aryl methyl sites for hydroxylation is 4. The van der Waals surface area contributed by atoms with Crippen LogP contribution in [-0.4, -0.2) is 27.5 Å². The molecule has 8 heteroatoms. The molecule has 1 aliphatic carbocycles. The maximum atomic E-state index is 13.1. The Morgan fingerprint density at radius 1 is 1.05 bits per heavy atom. The monoisotopic (exact) mass is 532 g/mol. The van der Waals surface area contributed by atoms with Gasteiger partial charge in [-0.3, -0.25) is 9.59 Å². The first-order valence-electron chi connectivity index (χ1n) is 12.9. The highest BCUT2D eigenvalue weighted by atomic mass is 35.5. The number of aromatic amines is 1. The first kappa shape index (κ1) is 26.1. The van der Waals surface area contributed by atoms with E-state index in [9.17, 15) is 9.59 Å². The highest BCUT2D eigenvalue weighted by molar-refractivity contribution is 6.30. The maximum absolute atomic E-state index is 13.1. The summed E-state index contributed by atoms with van der Waals surface area (Å²) in [7, 11) is 1.71. The Bertz CT molecular complexity index is 1570. The van der Waals surface area contributed by atoms with Crippen molar-refractivity contribution in [2.24, 2.45) is 12.8 Å². The van der Waals surface area contributed by atoms with Crippen LogP contribution in [0.1, 0.15) is 52.9 Å². The summed E-state index contributed by atoms with van der Waals surface area (Å²) in [5, 5.41) is 4.47. The number of nitrogens with two attached hydrogens (primary N) is 1. The first-order chi connectivity index (χ1) is 18.1. The number of benzene rings is 2. The number of H-pyrrole nitrogens is 1. The molecule has 0 spiro atoms. The van der Waals surface area contributed by atoms with Crippen LogP contribution in [0.2, 0.25) is 5.02 Å². The fraction of sp³-hybridized carbons (Fsp3) is 0.333. The van der Waals surface area contributed by atoms with Crippen molar-refractivity contribution >= 4 is 28.4 Å². The summed E-state index contributed by atoms with van der Waals surface area (Å²) in [6, 6.07) is 11.8. The van der Waals surface area contributed by atoms with Crippen molar-refractivity contribution in [3.05, 3.63) is 80.4 Å². The van der Waals surface area contributed by atoms with E-state index in [1.54, 1.807) is 19.3 Å². The van der Waals surface area contributed by atoms with E-state index in [0.29, 0.717) is 27.4 Å². The number of hydrogen-bond donors (Lipinski definition) is 3. The molecule has 198 valence electrons. The highest BCUT2D eigenvalue weighted by Crippen LogP contribution is 2.35. The van der Waals surface area contributed by atoms with Gasteiger partial charge in [0.15, 0.2) is 0 Å². The molecule has 0 atom stereocenters. The van der Waals surface area contributed by atoms with Crippen molar-refractivity contribution < 1.29 is 9.53 Å². The third-order valence-electron chi connectivity index (χ3n) is 7.32. The van der Waals surface area contributed by atoms with Crippen LogP contribution in [-0.2, 0) is 7.05 Å². The summed E-state index contributed by atoms with van der Waals surface area (Å²) >= 11 is 6.20. The first-order valence-corrected chi connectivity index (χ1v) is 13.3. The van der Waals surface area contributed by atoms with Crippen LogP contribution in [0, 0.1) is 20.8 Å². The molecular formula is C30H33ClN4O3. The van der Waals surface area contributed by atoms with Crippen molar-refractivity contribution in [1.82, 2.24) is 14.9 Å². The van der Waals surface area contributed by atoms with E-state index in [2.05, 4.69) is 10.3 Å². The van der Waals surface area contributed by atoms with Crippen molar-refractivity contribution in [2.45, 2.75) is 58.5 Å². The average molecular weight is 533 g/mol. The number of nitrogens with zero attached hydrogens (tertiary/aromatic N) is 1. The average Bonchev–Trinajstić information content (AvgIpc) is 3.31. The molecule has 1 amide bonds. The van der Waals surface area contributed by atoms with Crippen molar-refractivity contribution in [3.8, 4) is 22.6 Å². The number of ether oxygens (including phenoxy) is 1. The molecule has 2 aromatic heterocycles. The number of pyridine rings is 1. The third-order valence-corrected chi connectivity index (χ3v) is 7.54. The molecule has 4 aromatic rings. The summed E-state index contributed by atoms with van der Waals surface area (Å²) in [5.41, 5.74) is 11.2. The van der Waals surface area contributed by atoms with E-state index in [1.807, 2.05) is 51.1 Å². The van der Waals surface area contributed by atoms with Crippen molar-refractivity contribution in [1.29, 1.82) is 0 Å². The van der Waals surface area contributed by atoms with Crippen LogP contribution in [0.15, 0.2) is 47.4 Å². The van der Waals surface area contributed by atoms with Gasteiger partial charge in [0, 0.05) is 41.3 Å². The van der Waals surface area contributed by atoms with E-state index in [4.69, 9.17) is 22.1 Å². The lowest BCUT2D eigenvalue weighted by Crippen LogP contribution is -2.40. The minimum atomic E-state index is -0.211. The van der Waals surface area contributed by atoms with Crippen molar-refractivity contribution in [3.63, 3.8) is 0 Å². The Balaban J connectivity index is 1.52. The number of aromatic nitrogens is 2. The zero-order chi connectivity index (χ0) is 27.1. The van der Waals surface area contributed by atoms with Gasteiger partial charge >= 0.3 is 0 Å². The molecule has 38 heavy (non-hydrogen) atoms. The Morgan fingerprint density at radius 2 is 1.74 bits per heavy atom. The molecule has 1 fully saturated rings. The van der Waals surface area contributed by atoms with E-state index < -0.39 is 0 Å². The molecular weight excluding hydrogens is 500 g/mol. The van der Waals surface area contributed by atoms with E-state index in [1.165, 1.54) is 4.57 Å². The molecule has 1 aliphatic rings. The van der Waals surface area contributed by atoms with Crippen molar-refractivity contribution in [2.75, 3.05) is 0 Å². The molecule has 2 aromatic carbocycles. The van der Waals surface area contributed by atoms with Gasteiger partial charge in [-0.1, -0.05) is 17.7 Å². The number of fused-ring (bicyclic) bond motifs is 1. The second-order valence-corrected chi connectivity index (χ2v) is 11.0. The van der Waals surface area contributed by atoms with Gasteiger partial charge in [0.1, 0.15) is 22.7 Å². The van der Waals surface area contributed by atoms with Gasteiger partial charge in [0.2, 0.25) is 0 Å². The topological polar surface area (TPSA) is 102 Å². The second-order valence-electron chi connectivity index (χ2n) is 10.5. The van der Waals surface area contributed by atoms with Crippen LogP contribution in [0.25, 0.3) is 22.0 Å². The lowest BCUT2D eigenvalue weighted by atomic mass is 9.92. The van der Waals surface area contributed by atoms with Crippen LogP contribution in [0.5, 0.6) is 11.5 Å². The van der Waals surface area contributed by atoms with Gasteiger partial charge < -0.3 is 25.3 Å². The Labute approximate surface area is 227 Å². The largest absolute Gasteiger partial charge is 0.457 e. The van der Waals surface area contributed by atoms with Gasteiger partial charge in [0.25, 0.3) is 11.5 Å². The molecule has 0 bridgehead atoms. The fourth-order valence-electron chi connectivity index (χ4n) is 5.35. The molecule has 0 radical (unpaired) electrons. The predicted octanol–water partition coefficient (Wildman–Crippen LogP) is 5.90. The van der Waals surface area contributed by atoms with Gasteiger partial charge in [-0.15, -0.1) is 0 Å². The second kappa shape index (κ2) is 10.3. The zero-order valence-electron chi connectivity index (χ0n) is 22.2. The molecule has 7 nitrogen and oxygen atoms in total. The lowest BCUT2D eigenvalue weighted by Gasteiger charge is -2.26. The smallest absolute Gasteiger partial charge is 0.274 e. The summed E-state index contributed by atoms with van der Waals surface area (Å²) < 4.78 is 7.87. The van der Waals surface area contributed by atoms with E-state index in [-0.39, 0.29) is 23.6 Å². The standard InChI is InChI=1S/C30H33ClN4O3/c1-16-9-19(13-23(10-16)38-28-17(2)11-20(31)12-18(28)3)25-15-35(4)30(37)27-24(25)14-26(34-27)29(36)33-22-7-5-21(32)6-8-22/h9-15,21-22,34H,5-8,32H2,1-4H3,(H,33,36). The fourth-order valence-corrected chi connectivity index (χ4v) is 5.68. The molecule has 4 N–H and O–H groups in total. The molecule has 2 heterocycles. The minimum absolute atomic E-state index is 0.0901. The quantitative estimate of drug-likeness (QED) is 0.297.